The molecule has 0 aromatic heterocycles. The number of esters is 1. The van der Waals surface area contributed by atoms with E-state index in [9.17, 15) is 14.8 Å². The summed E-state index contributed by atoms with van der Waals surface area (Å²) in [5.74, 6) is -0.375. The summed E-state index contributed by atoms with van der Waals surface area (Å²) in [5.41, 5.74) is 3.11. The predicted octanol–water partition coefficient (Wildman–Crippen LogP) is 2.10. The van der Waals surface area contributed by atoms with Crippen LogP contribution in [0.2, 0.25) is 0 Å². The molecular formula is C19H27N2O4-. The van der Waals surface area contributed by atoms with Crippen molar-refractivity contribution in [3.05, 3.63) is 40.1 Å². The smallest absolute Gasteiger partial charge is 0.328 e. The maximum atomic E-state index is 12.4. The van der Waals surface area contributed by atoms with Crippen molar-refractivity contribution in [2.45, 2.75) is 45.6 Å². The molecular weight excluding hydrogens is 320 g/mol. The molecule has 1 saturated heterocycles. The van der Waals surface area contributed by atoms with E-state index in [0.29, 0.717) is 19.5 Å². The van der Waals surface area contributed by atoms with E-state index in [2.05, 4.69) is 5.32 Å². The minimum atomic E-state index is -0.661. The minimum Gasteiger partial charge on any atom is -0.785 e. The molecule has 0 bridgehead atoms. The van der Waals surface area contributed by atoms with Crippen LogP contribution in [0.3, 0.4) is 0 Å². The van der Waals surface area contributed by atoms with Crippen LogP contribution in [0.1, 0.15) is 36.0 Å². The van der Waals surface area contributed by atoms with E-state index in [4.69, 9.17) is 4.74 Å². The molecule has 0 spiro atoms. The molecule has 6 heteroatoms. The molecule has 1 heterocycles. The number of rotatable bonds is 6. The second-order valence-corrected chi connectivity index (χ2v) is 6.86. The van der Waals surface area contributed by atoms with Crippen LogP contribution >= 0.6 is 0 Å². The average molecular weight is 347 g/mol. The lowest BCUT2D eigenvalue weighted by molar-refractivity contribution is -0.145. The van der Waals surface area contributed by atoms with Crippen molar-refractivity contribution in [1.29, 1.82) is 0 Å². The molecule has 1 aromatic rings. The Morgan fingerprint density at radius 1 is 1.32 bits per heavy atom. The lowest BCUT2D eigenvalue weighted by Gasteiger charge is -2.37. The van der Waals surface area contributed by atoms with E-state index < -0.39 is 12.0 Å². The largest absolute Gasteiger partial charge is 0.785 e. The van der Waals surface area contributed by atoms with E-state index >= 15 is 0 Å². The first-order valence-electron chi connectivity index (χ1n) is 8.74. The number of amides is 1. The highest BCUT2D eigenvalue weighted by atomic mass is 16.5. The number of carbonyl (C=O) groups is 2. The summed E-state index contributed by atoms with van der Waals surface area (Å²) in [6.45, 7) is 4.92. The summed E-state index contributed by atoms with van der Waals surface area (Å²) in [4.78, 5) is 24.5. The van der Waals surface area contributed by atoms with Crippen molar-refractivity contribution in [1.82, 2.24) is 10.4 Å². The Bertz CT molecular complexity index is 609. The topological polar surface area (TPSA) is 81.7 Å². The third-order valence-electron chi connectivity index (χ3n) is 4.82. The Balaban J connectivity index is 1.97. The number of benzene rings is 1. The average Bonchev–Trinajstić information content (AvgIpc) is 2.58. The molecule has 1 aromatic carbocycles. The zero-order valence-corrected chi connectivity index (χ0v) is 15.2. The molecule has 0 aliphatic carbocycles. The summed E-state index contributed by atoms with van der Waals surface area (Å²) in [6, 6.07) is 5.33. The number of hydrogen-bond donors (Lipinski definition) is 1. The van der Waals surface area contributed by atoms with E-state index in [1.165, 1.54) is 7.11 Å². The van der Waals surface area contributed by atoms with Crippen molar-refractivity contribution < 1.29 is 14.3 Å². The highest BCUT2D eigenvalue weighted by Crippen LogP contribution is 2.22. The fourth-order valence-corrected chi connectivity index (χ4v) is 3.24. The predicted molar refractivity (Wildman–Crippen MR) is 95.8 cm³/mol. The second kappa shape index (κ2) is 8.97. The summed E-state index contributed by atoms with van der Waals surface area (Å²) in [5, 5.41) is 15.1. The standard InChI is InChI=1S/C19H27N2O4/c1-13-4-5-14(2)16(10-13)12-18(22)20-17(19(23)25-3)11-15-6-8-21(24)9-7-15/h4-5,10,15,17H,6-9,11-12H2,1-3H3,(H,20,22)/q-1. The highest BCUT2D eigenvalue weighted by Gasteiger charge is 2.27. The fraction of sp³-hybridized carbons (Fsp3) is 0.579. The van der Waals surface area contributed by atoms with Crippen LogP contribution < -0.4 is 5.32 Å². The summed E-state index contributed by atoms with van der Waals surface area (Å²) in [7, 11) is 1.33. The van der Waals surface area contributed by atoms with Crippen molar-refractivity contribution >= 4 is 11.9 Å². The molecule has 0 radical (unpaired) electrons. The Labute approximate surface area is 149 Å². The molecule has 1 aliphatic rings. The molecule has 6 nitrogen and oxygen atoms in total. The highest BCUT2D eigenvalue weighted by molar-refractivity contribution is 5.85. The Morgan fingerprint density at radius 3 is 2.64 bits per heavy atom. The monoisotopic (exact) mass is 347 g/mol. The normalized spacial score (nSPS) is 17.1. The molecule has 1 aliphatic heterocycles. The first-order valence-corrected chi connectivity index (χ1v) is 8.74. The van der Waals surface area contributed by atoms with Gasteiger partial charge >= 0.3 is 5.97 Å². The molecule has 1 atom stereocenters. The van der Waals surface area contributed by atoms with Gasteiger partial charge in [-0.3, -0.25) is 4.79 Å². The van der Waals surface area contributed by atoms with Crippen LogP contribution in [-0.4, -0.2) is 43.2 Å². The van der Waals surface area contributed by atoms with Crippen LogP contribution in [0.5, 0.6) is 0 Å². The fourth-order valence-electron chi connectivity index (χ4n) is 3.24. The maximum Gasteiger partial charge on any atom is 0.328 e. The number of hydrogen-bond acceptors (Lipinski definition) is 5. The van der Waals surface area contributed by atoms with Gasteiger partial charge in [0.15, 0.2) is 0 Å². The van der Waals surface area contributed by atoms with Crippen molar-refractivity contribution in [2.24, 2.45) is 5.92 Å². The number of nitrogens with one attached hydrogen (secondary N) is 1. The molecule has 2 rings (SSSR count). The van der Waals surface area contributed by atoms with E-state index in [-0.39, 0.29) is 18.2 Å². The summed E-state index contributed by atoms with van der Waals surface area (Å²) in [6.07, 6.45) is 2.23. The van der Waals surface area contributed by atoms with Gasteiger partial charge < -0.3 is 20.3 Å². The van der Waals surface area contributed by atoms with Gasteiger partial charge in [-0.25, -0.2) is 4.79 Å². The molecule has 1 N–H and O–H groups in total. The lowest BCUT2D eigenvalue weighted by Crippen LogP contribution is -2.44. The van der Waals surface area contributed by atoms with Crippen LogP contribution in [0.25, 0.3) is 0 Å². The third-order valence-corrected chi connectivity index (χ3v) is 4.82. The number of methoxy groups -OCH3 is 1. The number of ether oxygens (including phenoxy) is 1. The summed E-state index contributed by atoms with van der Waals surface area (Å²) < 4.78 is 4.84. The van der Waals surface area contributed by atoms with Gasteiger partial charge in [0.2, 0.25) is 5.91 Å². The number of aryl methyl sites for hydroxylation is 2. The van der Waals surface area contributed by atoms with Crippen molar-refractivity contribution in [3.8, 4) is 0 Å². The Morgan fingerprint density at radius 2 is 2.00 bits per heavy atom. The molecule has 1 fully saturated rings. The van der Waals surface area contributed by atoms with Gasteiger partial charge in [0, 0.05) is 0 Å². The van der Waals surface area contributed by atoms with E-state index in [1.54, 1.807) is 0 Å². The van der Waals surface area contributed by atoms with Crippen molar-refractivity contribution in [2.75, 3.05) is 20.2 Å². The summed E-state index contributed by atoms with van der Waals surface area (Å²) >= 11 is 0. The number of carbonyl (C=O) groups excluding carboxylic acids is 2. The van der Waals surface area contributed by atoms with Gasteiger partial charge in [0.1, 0.15) is 6.04 Å². The molecule has 25 heavy (non-hydrogen) atoms. The first kappa shape index (κ1) is 19.4. The van der Waals surface area contributed by atoms with Crippen LogP contribution in [0.15, 0.2) is 18.2 Å². The molecule has 0 saturated carbocycles. The zero-order chi connectivity index (χ0) is 18.4. The van der Waals surface area contributed by atoms with Gasteiger partial charge in [-0.2, -0.15) is 0 Å². The van der Waals surface area contributed by atoms with Gasteiger partial charge in [0.05, 0.1) is 13.5 Å². The first-order chi connectivity index (χ1) is 11.9. The minimum absolute atomic E-state index is 0.189. The van der Waals surface area contributed by atoms with Crippen LogP contribution in [0.4, 0.5) is 0 Å². The molecule has 1 amide bonds. The van der Waals surface area contributed by atoms with Gasteiger partial charge in [-0.05, 0) is 63.2 Å². The number of piperidine rings is 1. The van der Waals surface area contributed by atoms with E-state index in [1.807, 2.05) is 32.0 Å². The number of nitrogens with zero attached hydrogens (tertiary/aromatic N) is 1. The molecule has 138 valence electrons. The van der Waals surface area contributed by atoms with Gasteiger partial charge in [-0.15, -0.1) is 0 Å². The lowest BCUT2D eigenvalue weighted by atomic mass is 9.90. The quantitative estimate of drug-likeness (QED) is 0.797. The molecule has 1 unspecified atom stereocenters. The zero-order valence-electron chi connectivity index (χ0n) is 15.2. The van der Waals surface area contributed by atoms with Crippen molar-refractivity contribution in [3.63, 3.8) is 0 Å². The second-order valence-electron chi connectivity index (χ2n) is 6.86. The Hall–Kier alpha value is -1.92. The van der Waals surface area contributed by atoms with Gasteiger partial charge in [-0.1, -0.05) is 23.8 Å². The van der Waals surface area contributed by atoms with Gasteiger partial charge in [0.25, 0.3) is 0 Å². The van der Waals surface area contributed by atoms with E-state index in [0.717, 1.165) is 34.6 Å². The SMILES string of the molecule is COC(=O)C(CC1CCN([O-])CC1)NC(=O)Cc1cc(C)ccc1C. The number of hydroxylamine groups is 2. The third kappa shape index (κ3) is 5.83. The Kier molecular flexibility index (Phi) is 6.96. The van der Waals surface area contributed by atoms with Crippen LogP contribution in [0, 0.1) is 25.0 Å². The van der Waals surface area contributed by atoms with Crippen LogP contribution in [-0.2, 0) is 20.7 Å². The maximum absolute atomic E-state index is 12.4.